The van der Waals surface area contributed by atoms with E-state index in [2.05, 4.69) is 15.3 Å². The maximum Gasteiger partial charge on any atom is 0.418 e. The molecular weight excluding hydrogens is 327 g/mol. The number of amidine groups is 1. The van der Waals surface area contributed by atoms with Crippen LogP contribution in [0.2, 0.25) is 0 Å². The number of aliphatic imine (C=N–C) groups is 1. The molecule has 2 aromatic rings. The van der Waals surface area contributed by atoms with Gasteiger partial charge in [-0.25, -0.2) is 14.2 Å². The lowest BCUT2D eigenvalue weighted by atomic mass is 9.92. The van der Waals surface area contributed by atoms with Crippen LogP contribution in [-0.4, -0.2) is 30.1 Å². The summed E-state index contributed by atoms with van der Waals surface area (Å²) in [5.74, 6) is -0.693. The summed E-state index contributed by atoms with van der Waals surface area (Å²) in [6.07, 6.45) is 0.487. The second-order valence-corrected chi connectivity index (χ2v) is 5.76. The molecule has 1 aromatic heterocycles. The van der Waals surface area contributed by atoms with Gasteiger partial charge in [0.05, 0.1) is 6.61 Å². The first-order chi connectivity index (χ1) is 12.0. The highest BCUT2D eigenvalue weighted by Gasteiger charge is 2.30. The Balaban J connectivity index is 1.75. The van der Waals surface area contributed by atoms with Gasteiger partial charge in [-0.2, -0.15) is 0 Å². The number of nitrogens with zero attached hydrogens (tertiary/aromatic N) is 2. The van der Waals surface area contributed by atoms with Gasteiger partial charge in [0.1, 0.15) is 18.0 Å². The van der Waals surface area contributed by atoms with Crippen molar-refractivity contribution in [1.29, 1.82) is 0 Å². The molecule has 2 heterocycles. The van der Waals surface area contributed by atoms with Crippen molar-refractivity contribution in [3.8, 4) is 5.88 Å². The van der Waals surface area contributed by atoms with Crippen molar-refractivity contribution in [3.63, 3.8) is 0 Å². The first-order valence-electron chi connectivity index (χ1n) is 7.58. The molecule has 3 rings (SSSR count). The van der Waals surface area contributed by atoms with Crippen LogP contribution in [0.15, 0.2) is 47.6 Å². The van der Waals surface area contributed by atoms with E-state index in [0.717, 1.165) is 11.6 Å². The van der Waals surface area contributed by atoms with Crippen LogP contribution in [0.25, 0.3) is 0 Å². The third-order valence-corrected chi connectivity index (χ3v) is 3.67. The highest BCUT2D eigenvalue weighted by molar-refractivity contribution is 5.86. The van der Waals surface area contributed by atoms with E-state index in [-0.39, 0.29) is 5.88 Å². The summed E-state index contributed by atoms with van der Waals surface area (Å²) in [6, 6.07) is 9.60. The smallest absolute Gasteiger partial charge is 0.388 e. The fourth-order valence-corrected chi connectivity index (χ4v) is 2.49. The number of ether oxygens (including phenoxy) is 2. The normalized spacial score (nSPS) is 19.8. The number of hydrogen-bond donors (Lipinski definition) is 2. The van der Waals surface area contributed by atoms with Crippen LogP contribution >= 0.6 is 0 Å². The molecule has 0 saturated heterocycles. The summed E-state index contributed by atoms with van der Waals surface area (Å²) in [6.45, 7) is 2.57. The second kappa shape index (κ2) is 6.86. The van der Waals surface area contributed by atoms with Gasteiger partial charge in [0, 0.05) is 11.9 Å². The fourth-order valence-electron chi connectivity index (χ4n) is 2.49. The van der Waals surface area contributed by atoms with Gasteiger partial charge in [-0.05, 0) is 36.8 Å². The Bertz CT molecular complexity index is 827. The predicted molar refractivity (Wildman–Crippen MR) is 90.1 cm³/mol. The van der Waals surface area contributed by atoms with Crippen LogP contribution in [0, 0.1) is 5.82 Å². The predicted octanol–water partition coefficient (Wildman–Crippen LogP) is 2.43. The minimum atomic E-state index is -0.845. The number of nitrogens with two attached hydrogens (primary N) is 1. The molecule has 1 aromatic carbocycles. The summed E-state index contributed by atoms with van der Waals surface area (Å²) < 4.78 is 23.8. The van der Waals surface area contributed by atoms with Gasteiger partial charge >= 0.3 is 6.09 Å². The number of nitrogens with one attached hydrogen (secondary N) is 1. The van der Waals surface area contributed by atoms with E-state index in [1.807, 2.05) is 13.0 Å². The van der Waals surface area contributed by atoms with Crippen LogP contribution in [0.1, 0.15) is 12.5 Å². The van der Waals surface area contributed by atoms with Crippen molar-refractivity contribution in [1.82, 2.24) is 4.98 Å². The fraction of sp³-hybridized carbons (Fsp3) is 0.235. The molecule has 0 fully saturated rings. The Morgan fingerprint density at radius 1 is 1.40 bits per heavy atom. The second-order valence-electron chi connectivity index (χ2n) is 5.76. The summed E-state index contributed by atoms with van der Waals surface area (Å²) >= 11 is 0. The molecule has 130 valence electrons. The maximum atomic E-state index is 13.5. The molecular formula is C17H17FN4O3. The Hall–Kier alpha value is -3.00. The molecule has 1 unspecified atom stereocenters. The largest absolute Gasteiger partial charge is 0.418 e. The summed E-state index contributed by atoms with van der Waals surface area (Å²) in [7, 11) is 0. The van der Waals surface area contributed by atoms with E-state index in [9.17, 15) is 9.18 Å². The highest BCUT2D eigenvalue weighted by atomic mass is 19.1. The van der Waals surface area contributed by atoms with E-state index in [4.69, 9.17) is 15.2 Å². The lowest BCUT2D eigenvalue weighted by Crippen LogP contribution is -2.37. The van der Waals surface area contributed by atoms with E-state index in [0.29, 0.717) is 24.7 Å². The molecule has 0 saturated carbocycles. The minimum Gasteiger partial charge on any atom is -0.388 e. The number of pyridine rings is 1. The first-order valence-corrected chi connectivity index (χ1v) is 7.58. The standard InChI is InChI=1S/C17H17FN4O3/c1-17(10-24-9-14(19)22-17)11-4-2-5-12(8-11)21-16(23)25-15-13(18)6-3-7-20-15/h2-8H,9-10H2,1H3,(H2,19,22)(H,21,23). The number of aromatic nitrogens is 1. The first kappa shape index (κ1) is 16.8. The zero-order valence-corrected chi connectivity index (χ0v) is 13.5. The van der Waals surface area contributed by atoms with Gasteiger partial charge < -0.3 is 15.2 Å². The van der Waals surface area contributed by atoms with Crippen LogP contribution in [0.5, 0.6) is 5.88 Å². The molecule has 8 heteroatoms. The number of carbonyl (C=O) groups excluding carboxylic acids is 1. The molecule has 1 atom stereocenters. The molecule has 0 spiro atoms. The van der Waals surface area contributed by atoms with E-state index < -0.39 is 17.4 Å². The Labute approximate surface area is 143 Å². The topological polar surface area (TPSA) is 98.8 Å². The summed E-state index contributed by atoms with van der Waals surface area (Å²) in [4.78, 5) is 20.1. The minimum absolute atomic E-state index is 0.301. The van der Waals surface area contributed by atoms with Crippen LogP contribution < -0.4 is 15.8 Å². The van der Waals surface area contributed by atoms with Crippen molar-refractivity contribution < 1.29 is 18.7 Å². The molecule has 1 aliphatic heterocycles. The third kappa shape index (κ3) is 3.92. The quantitative estimate of drug-likeness (QED) is 0.891. The van der Waals surface area contributed by atoms with Crippen molar-refractivity contribution in [2.75, 3.05) is 18.5 Å². The number of amides is 1. The van der Waals surface area contributed by atoms with Gasteiger partial charge in [-0.15, -0.1) is 0 Å². The van der Waals surface area contributed by atoms with Gasteiger partial charge in [0.15, 0.2) is 5.82 Å². The summed E-state index contributed by atoms with van der Waals surface area (Å²) in [5, 5.41) is 2.54. The van der Waals surface area contributed by atoms with Gasteiger partial charge in [0.2, 0.25) is 0 Å². The Morgan fingerprint density at radius 3 is 3.00 bits per heavy atom. The third-order valence-electron chi connectivity index (χ3n) is 3.67. The maximum absolute atomic E-state index is 13.5. The molecule has 7 nitrogen and oxygen atoms in total. The van der Waals surface area contributed by atoms with E-state index in [1.54, 1.807) is 18.2 Å². The zero-order valence-electron chi connectivity index (χ0n) is 13.5. The van der Waals surface area contributed by atoms with Gasteiger partial charge in [-0.3, -0.25) is 10.3 Å². The molecule has 0 aliphatic carbocycles. The highest BCUT2D eigenvalue weighted by Crippen LogP contribution is 2.30. The molecule has 25 heavy (non-hydrogen) atoms. The molecule has 3 N–H and O–H groups in total. The monoisotopic (exact) mass is 344 g/mol. The lowest BCUT2D eigenvalue weighted by molar-refractivity contribution is 0.106. The molecule has 1 amide bonds. The zero-order chi connectivity index (χ0) is 17.9. The average Bonchev–Trinajstić information content (AvgIpc) is 2.57. The summed E-state index contributed by atoms with van der Waals surface area (Å²) in [5.41, 5.74) is 6.41. The number of anilines is 1. The number of hydrogen-bond acceptors (Lipinski definition) is 6. The lowest BCUT2D eigenvalue weighted by Gasteiger charge is -2.30. The van der Waals surface area contributed by atoms with Crippen molar-refractivity contribution >= 4 is 17.6 Å². The number of halogens is 1. The van der Waals surface area contributed by atoms with Gasteiger partial charge in [0.25, 0.3) is 5.88 Å². The average molecular weight is 344 g/mol. The van der Waals surface area contributed by atoms with Crippen molar-refractivity contribution in [2.45, 2.75) is 12.5 Å². The van der Waals surface area contributed by atoms with Crippen LogP contribution in [0.3, 0.4) is 0 Å². The van der Waals surface area contributed by atoms with E-state index in [1.165, 1.54) is 12.3 Å². The SMILES string of the molecule is CC1(c2cccc(NC(=O)Oc3ncccc3F)c2)COCC(N)=N1. The van der Waals surface area contributed by atoms with E-state index >= 15 is 0 Å². The number of benzene rings is 1. The van der Waals surface area contributed by atoms with Crippen molar-refractivity contribution in [2.24, 2.45) is 10.7 Å². The molecule has 0 bridgehead atoms. The Kier molecular flexibility index (Phi) is 4.62. The van der Waals surface area contributed by atoms with Crippen LogP contribution in [0.4, 0.5) is 14.9 Å². The molecule has 1 aliphatic rings. The number of carbonyl (C=O) groups is 1. The van der Waals surface area contributed by atoms with Gasteiger partial charge in [-0.1, -0.05) is 12.1 Å². The number of rotatable bonds is 3. The molecule has 0 radical (unpaired) electrons. The van der Waals surface area contributed by atoms with Crippen molar-refractivity contribution in [3.05, 3.63) is 54.0 Å². The Morgan fingerprint density at radius 2 is 2.24 bits per heavy atom. The van der Waals surface area contributed by atoms with Crippen LogP contribution in [-0.2, 0) is 10.3 Å².